The third kappa shape index (κ3) is 3.49. The number of ether oxygens (including phenoxy) is 1. The van der Waals surface area contributed by atoms with Crippen molar-refractivity contribution in [2.45, 2.75) is 18.9 Å². The molecule has 116 valence electrons. The third-order valence-corrected chi connectivity index (χ3v) is 3.50. The van der Waals surface area contributed by atoms with Crippen LogP contribution >= 0.6 is 12.4 Å². The van der Waals surface area contributed by atoms with E-state index in [9.17, 15) is 14.9 Å². The molecule has 0 fully saturated rings. The van der Waals surface area contributed by atoms with E-state index in [4.69, 9.17) is 10.5 Å². The number of nitrogens with two attached hydrogens (primary N) is 1. The molecule has 0 spiro atoms. The fourth-order valence-corrected chi connectivity index (χ4v) is 2.41. The van der Waals surface area contributed by atoms with Crippen molar-refractivity contribution >= 4 is 29.7 Å². The highest BCUT2D eigenvalue weighted by atomic mass is 35.5. The van der Waals surface area contributed by atoms with Gasteiger partial charge < -0.3 is 15.4 Å². The largest absolute Gasteiger partial charge is 0.380 e. The van der Waals surface area contributed by atoms with Gasteiger partial charge in [-0.2, -0.15) is 0 Å². The molecule has 0 saturated heterocycles. The van der Waals surface area contributed by atoms with Crippen LogP contribution in [0.4, 0.5) is 11.4 Å². The minimum absolute atomic E-state index is 0. The van der Waals surface area contributed by atoms with Gasteiger partial charge in [-0.25, -0.2) is 0 Å². The first kappa shape index (κ1) is 17.4. The maximum atomic E-state index is 12.2. The summed E-state index contributed by atoms with van der Waals surface area (Å²) in [6.07, 6.45) is 0.346. The highest BCUT2D eigenvalue weighted by molar-refractivity contribution is 5.96. The topological polar surface area (TPSA) is 98.7 Å². The second-order valence-electron chi connectivity index (χ2n) is 4.62. The first-order valence-electron chi connectivity index (χ1n) is 6.38. The Kier molecular flexibility index (Phi) is 6.07. The SMILES string of the molecule is COC(CN)CC(=O)N1CCc2c1cccc2[N+](=O)[O-].Cl. The number of halogens is 1. The number of anilines is 1. The molecule has 21 heavy (non-hydrogen) atoms. The van der Waals surface area contributed by atoms with E-state index in [0.29, 0.717) is 24.2 Å². The molecule has 2 N–H and O–H groups in total. The normalized spacial score (nSPS) is 14.3. The Labute approximate surface area is 128 Å². The summed E-state index contributed by atoms with van der Waals surface area (Å²) in [5, 5.41) is 11.0. The molecular weight excluding hydrogens is 298 g/mol. The van der Waals surface area contributed by atoms with Crippen molar-refractivity contribution in [2.75, 3.05) is 25.1 Å². The minimum Gasteiger partial charge on any atom is -0.380 e. The Morgan fingerprint density at radius 3 is 2.86 bits per heavy atom. The quantitative estimate of drug-likeness (QED) is 0.651. The first-order valence-corrected chi connectivity index (χ1v) is 6.38. The second-order valence-corrected chi connectivity index (χ2v) is 4.62. The average molecular weight is 316 g/mol. The number of rotatable bonds is 5. The summed E-state index contributed by atoms with van der Waals surface area (Å²) < 4.78 is 5.10. The van der Waals surface area contributed by atoms with Gasteiger partial charge >= 0.3 is 0 Å². The summed E-state index contributed by atoms with van der Waals surface area (Å²) in [5.74, 6) is -0.124. The molecule has 1 unspecified atom stereocenters. The summed E-state index contributed by atoms with van der Waals surface area (Å²) in [7, 11) is 1.51. The molecule has 1 amide bonds. The number of nitro benzene ring substituents is 1. The highest BCUT2D eigenvalue weighted by Crippen LogP contribution is 2.35. The van der Waals surface area contributed by atoms with E-state index in [-0.39, 0.29) is 43.1 Å². The molecule has 0 radical (unpaired) electrons. The van der Waals surface area contributed by atoms with Crippen LogP contribution < -0.4 is 10.6 Å². The van der Waals surface area contributed by atoms with Crippen LogP contribution in [0.5, 0.6) is 0 Å². The number of hydrogen-bond acceptors (Lipinski definition) is 5. The lowest BCUT2D eigenvalue weighted by Gasteiger charge is -2.20. The van der Waals surface area contributed by atoms with E-state index in [1.165, 1.54) is 13.2 Å². The summed E-state index contributed by atoms with van der Waals surface area (Å²) in [6.45, 7) is 0.720. The molecule has 0 aromatic heterocycles. The molecule has 1 aliphatic heterocycles. The van der Waals surface area contributed by atoms with Gasteiger partial charge in [0.25, 0.3) is 5.69 Å². The predicted octanol–water partition coefficient (Wildman–Crippen LogP) is 1.27. The fourth-order valence-electron chi connectivity index (χ4n) is 2.41. The highest BCUT2D eigenvalue weighted by Gasteiger charge is 2.30. The van der Waals surface area contributed by atoms with Gasteiger partial charge in [0, 0.05) is 26.3 Å². The van der Waals surface area contributed by atoms with Crippen LogP contribution in [0.1, 0.15) is 12.0 Å². The summed E-state index contributed by atoms with van der Waals surface area (Å²) in [5.41, 5.74) is 6.81. The standard InChI is InChI=1S/C13H17N3O4.ClH/c1-20-9(8-14)7-13(17)15-6-5-10-11(15)3-2-4-12(10)16(18)19;/h2-4,9H,5-8,14H2,1H3;1H. The molecule has 1 heterocycles. The predicted molar refractivity (Wildman–Crippen MR) is 80.9 cm³/mol. The number of methoxy groups -OCH3 is 1. The maximum absolute atomic E-state index is 12.2. The Morgan fingerprint density at radius 1 is 1.57 bits per heavy atom. The van der Waals surface area contributed by atoms with Crippen LogP contribution in [0.25, 0.3) is 0 Å². The molecule has 8 heteroatoms. The number of nitro groups is 1. The van der Waals surface area contributed by atoms with Gasteiger partial charge in [-0.1, -0.05) is 6.07 Å². The van der Waals surface area contributed by atoms with E-state index in [1.54, 1.807) is 17.0 Å². The van der Waals surface area contributed by atoms with Gasteiger partial charge in [0.05, 0.1) is 28.7 Å². The number of carbonyl (C=O) groups is 1. The molecule has 2 rings (SSSR count). The Bertz CT molecular complexity index is 534. The molecule has 0 bridgehead atoms. The van der Waals surface area contributed by atoms with E-state index in [1.807, 2.05) is 0 Å². The van der Waals surface area contributed by atoms with Crippen LogP contribution in [0.15, 0.2) is 18.2 Å². The summed E-state index contributed by atoms with van der Waals surface area (Å²) in [6, 6.07) is 4.79. The average Bonchev–Trinajstić information content (AvgIpc) is 2.88. The number of amides is 1. The van der Waals surface area contributed by atoms with Crippen LogP contribution in [-0.4, -0.2) is 37.1 Å². The Hall–Kier alpha value is -1.70. The maximum Gasteiger partial charge on any atom is 0.274 e. The monoisotopic (exact) mass is 315 g/mol. The van der Waals surface area contributed by atoms with Crippen molar-refractivity contribution < 1.29 is 14.5 Å². The second kappa shape index (κ2) is 7.35. The minimum atomic E-state index is -0.412. The molecule has 0 aliphatic carbocycles. The van der Waals surface area contributed by atoms with Gasteiger partial charge in [0.15, 0.2) is 0 Å². The van der Waals surface area contributed by atoms with Gasteiger partial charge in [-0.15, -0.1) is 12.4 Å². The van der Waals surface area contributed by atoms with E-state index >= 15 is 0 Å². The number of fused-ring (bicyclic) bond motifs is 1. The summed E-state index contributed by atoms with van der Waals surface area (Å²) in [4.78, 5) is 24.4. The molecule has 1 atom stereocenters. The van der Waals surface area contributed by atoms with Crippen molar-refractivity contribution in [1.82, 2.24) is 0 Å². The lowest BCUT2D eigenvalue weighted by molar-refractivity contribution is -0.385. The molecule has 7 nitrogen and oxygen atoms in total. The molecular formula is C13H18ClN3O4. The van der Waals surface area contributed by atoms with Gasteiger partial charge in [-0.05, 0) is 12.5 Å². The van der Waals surface area contributed by atoms with Crippen molar-refractivity contribution in [2.24, 2.45) is 5.73 Å². The Morgan fingerprint density at radius 2 is 2.29 bits per heavy atom. The molecule has 0 saturated carbocycles. The summed E-state index contributed by atoms with van der Waals surface area (Å²) >= 11 is 0. The number of carbonyl (C=O) groups excluding carboxylic acids is 1. The number of nitrogens with zero attached hydrogens (tertiary/aromatic N) is 2. The smallest absolute Gasteiger partial charge is 0.274 e. The lowest BCUT2D eigenvalue weighted by atomic mass is 10.1. The lowest BCUT2D eigenvalue weighted by Crippen LogP contribution is -2.35. The number of benzene rings is 1. The van der Waals surface area contributed by atoms with Gasteiger partial charge in [0.1, 0.15) is 0 Å². The zero-order chi connectivity index (χ0) is 14.7. The van der Waals surface area contributed by atoms with Crippen molar-refractivity contribution in [3.8, 4) is 0 Å². The van der Waals surface area contributed by atoms with Gasteiger partial charge in [0.2, 0.25) is 5.91 Å². The Balaban J connectivity index is 0.00000220. The molecule has 1 aromatic rings. The van der Waals surface area contributed by atoms with E-state index in [2.05, 4.69) is 0 Å². The molecule has 1 aliphatic rings. The zero-order valence-electron chi connectivity index (χ0n) is 11.7. The van der Waals surface area contributed by atoms with Gasteiger partial charge in [-0.3, -0.25) is 14.9 Å². The van der Waals surface area contributed by atoms with Crippen molar-refractivity contribution in [1.29, 1.82) is 0 Å². The third-order valence-electron chi connectivity index (χ3n) is 3.50. The van der Waals surface area contributed by atoms with Crippen LogP contribution in [-0.2, 0) is 16.0 Å². The van der Waals surface area contributed by atoms with Crippen molar-refractivity contribution in [3.63, 3.8) is 0 Å². The van der Waals surface area contributed by atoms with Crippen molar-refractivity contribution in [3.05, 3.63) is 33.9 Å². The first-order chi connectivity index (χ1) is 9.58. The van der Waals surface area contributed by atoms with Crippen LogP contribution in [0, 0.1) is 10.1 Å². The van der Waals surface area contributed by atoms with E-state index < -0.39 is 4.92 Å². The number of hydrogen-bond donors (Lipinski definition) is 1. The van der Waals surface area contributed by atoms with E-state index in [0.717, 1.165) is 0 Å². The van der Waals surface area contributed by atoms with Crippen LogP contribution in [0.3, 0.4) is 0 Å². The molecule has 1 aromatic carbocycles. The zero-order valence-corrected chi connectivity index (χ0v) is 12.5. The van der Waals surface area contributed by atoms with Crippen LogP contribution in [0.2, 0.25) is 0 Å². The fraction of sp³-hybridized carbons (Fsp3) is 0.462.